The molecule has 0 unspecified atom stereocenters. The second kappa shape index (κ2) is 5.72. The third kappa shape index (κ3) is 2.64. The summed E-state index contributed by atoms with van der Waals surface area (Å²) in [5.74, 6) is 1.72. The van der Waals surface area contributed by atoms with Crippen LogP contribution in [0, 0.1) is 0 Å². The topological polar surface area (TPSA) is 86.0 Å². The van der Waals surface area contributed by atoms with Crippen molar-refractivity contribution in [2.75, 3.05) is 6.54 Å². The summed E-state index contributed by atoms with van der Waals surface area (Å²) >= 11 is 0. The summed E-state index contributed by atoms with van der Waals surface area (Å²) in [4.78, 5) is 10.7. The van der Waals surface area contributed by atoms with E-state index in [0.717, 1.165) is 19.5 Å². The van der Waals surface area contributed by atoms with Crippen LogP contribution in [0.1, 0.15) is 18.7 Å². The Bertz CT molecular complexity index is 706. The van der Waals surface area contributed by atoms with Gasteiger partial charge < -0.3 is 8.94 Å². The average Bonchev–Trinajstić information content (AvgIpc) is 3.28. The highest BCUT2D eigenvalue weighted by molar-refractivity contribution is 5.44. The van der Waals surface area contributed by atoms with Crippen molar-refractivity contribution >= 4 is 0 Å². The van der Waals surface area contributed by atoms with E-state index in [0.29, 0.717) is 30.1 Å². The minimum Gasteiger partial charge on any atom is -0.461 e. The number of furan rings is 1. The molecule has 0 aliphatic carbocycles. The van der Waals surface area contributed by atoms with E-state index in [4.69, 9.17) is 8.94 Å². The van der Waals surface area contributed by atoms with Gasteiger partial charge in [-0.05, 0) is 31.5 Å². The highest BCUT2D eigenvalue weighted by Gasteiger charge is 2.27. The number of hydrogen-bond donors (Lipinski definition) is 0. The lowest BCUT2D eigenvalue weighted by molar-refractivity contribution is 0.192. The van der Waals surface area contributed by atoms with Crippen molar-refractivity contribution in [1.29, 1.82) is 0 Å². The van der Waals surface area contributed by atoms with Gasteiger partial charge in [-0.15, -0.1) is 0 Å². The van der Waals surface area contributed by atoms with Gasteiger partial charge in [-0.1, -0.05) is 5.16 Å². The van der Waals surface area contributed by atoms with Crippen LogP contribution in [0.5, 0.6) is 0 Å². The summed E-state index contributed by atoms with van der Waals surface area (Å²) < 4.78 is 12.5. The van der Waals surface area contributed by atoms with Crippen molar-refractivity contribution in [2.24, 2.45) is 0 Å². The van der Waals surface area contributed by atoms with Crippen molar-refractivity contribution in [3.8, 4) is 11.6 Å². The third-order valence-electron chi connectivity index (χ3n) is 3.91. The molecule has 4 heterocycles. The van der Waals surface area contributed by atoms with E-state index < -0.39 is 0 Å². The lowest BCUT2D eigenvalue weighted by Gasteiger charge is -2.22. The van der Waals surface area contributed by atoms with Crippen LogP contribution < -0.4 is 0 Å². The normalized spacial score (nSPS) is 19.0. The molecule has 22 heavy (non-hydrogen) atoms. The Kier molecular flexibility index (Phi) is 3.43. The van der Waals surface area contributed by atoms with Crippen LogP contribution >= 0.6 is 0 Å². The first kappa shape index (κ1) is 13.2. The first-order valence-corrected chi connectivity index (χ1v) is 7.31. The quantitative estimate of drug-likeness (QED) is 0.707. The summed E-state index contributed by atoms with van der Waals surface area (Å²) in [6.45, 7) is 2.50. The summed E-state index contributed by atoms with van der Waals surface area (Å²) in [7, 11) is 0. The molecule has 1 aliphatic heterocycles. The minimum absolute atomic E-state index is 0.417. The van der Waals surface area contributed by atoms with Crippen molar-refractivity contribution in [2.45, 2.75) is 32.0 Å². The van der Waals surface area contributed by atoms with Gasteiger partial charge in [0.1, 0.15) is 12.7 Å². The Hall–Kier alpha value is -2.48. The Morgan fingerprint density at radius 2 is 2.36 bits per heavy atom. The molecule has 0 N–H and O–H groups in total. The molecular formula is C14H16N6O2. The summed E-state index contributed by atoms with van der Waals surface area (Å²) in [5, 5.41) is 8.14. The zero-order valence-corrected chi connectivity index (χ0v) is 12.0. The van der Waals surface area contributed by atoms with E-state index in [1.807, 2.05) is 10.7 Å². The molecule has 1 fully saturated rings. The van der Waals surface area contributed by atoms with Crippen LogP contribution in [-0.4, -0.2) is 42.4 Å². The van der Waals surface area contributed by atoms with Gasteiger partial charge in [0.2, 0.25) is 11.7 Å². The monoisotopic (exact) mass is 300 g/mol. The first-order chi connectivity index (χ1) is 10.9. The van der Waals surface area contributed by atoms with E-state index in [1.165, 1.54) is 6.42 Å². The molecule has 8 heteroatoms. The van der Waals surface area contributed by atoms with Crippen LogP contribution in [0.15, 0.2) is 40.0 Å². The Balaban J connectivity index is 1.44. The van der Waals surface area contributed by atoms with Crippen molar-refractivity contribution in [3.05, 3.63) is 36.9 Å². The Labute approximate surface area is 126 Å². The van der Waals surface area contributed by atoms with Crippen LogP contribution in [0.3, 0.4) is 0 Å². The minimum atomic E-state index is 0.417. The maximum atomic E-state index is 5.34. The number of likely N-dealkylation sites (tertiary alicyclic amines) is 1. The molecule has 114 valence electrons. The highest BCUT2D eigenvalue weighted by atomic mass is 16.5. The third-order valence-corrected chi connectivity index (χ3v) is 3.91. The predicted octanol–water partition coefficient (Wildman–Crippen LogP) is 1.59. The van der Waals surface area contributed by atoms with Crippen LogP contribution in [-0.2, 0) is 13.1 Å². The van der Waals surface area contributed by atoms with Gasteiger partial charge in [-0.25, -0.2) is 4.98 Å². The van der Waals surface area contributed by atoms with Crippen LogP contribution in [0.2, 0.25) is 0 Å². The second-order valence-corrected chi connectivity index (χ2v) is 5.37. The zero-order valence-electron chi connectivity index (χ0n) is 12.0. The Morgan fingerprint density at radius 3 is 3.18 bits per heavy atom. The molecule has 0 aromatic carbocycles. The lowest BCUT2D eigenvalue weighted by atomic mass is 10.2. The number of hydrogen-bond acceptors (Lipinski definition) is 7. The molecule has 3 aromatic rings. The van der Waals surface area contributed by atoms with Crippen molar-refractivity contribution in [1.82, 2.24) is 29.8 Å². The highest BCUT2D eigenvalue weighted by Crippen LogP contribution is 2.22. The molecule has 3 aromatic heterocycles. The van der Waals surface area contributed by atoms with E-state index in [1.54, 1.807) is 25.0 Å². The summed E-state index contributed by atoms with van der Waals surface area (Å²) in [5.41, 5.74) is 0. The molecule has 0 saturated carbocycles. The molecule has 1 atom stereocenters. The fraction of sp³-hybridized carbons (Fsp3) is 0.429. The number of rotatable bonds is 5. The van der Waals surface area contributed by atoms with Crippen LogP contribution in [0.4, 0.5) is 0 Å². The summed E-state index contributed by atoms with van der Waals surface area (Å²) in [6, 6.07) is 4.04. The fourth-order valence-electron chi connectivity index (χ4n) is 2.85. The van der Waals surface area contributed by atoms with E-state index in [9.17, 15) is 0 Å². The molecule has 0 radical (unpaired) electrons. The number of nitrogens with zero attached hydrogens (tertiary/aromatic N) is 6. The predicted molar refractivity (Wildman–Crippen MR) is 75.5 cm³/mol. The SMILES string of the molecule is c1coc(-c2noc(CN3CCC[C@@H]3Cn3cncn3)n2)c1. The molecule has 0 bridgehead atoms. The van der Waals surface area contributed by atoms with E-state index >= 15 is 0 Å². The van der Waals surface area contributed by atoms with E-state index in [2.05, 4.69) is 25.1 Å². The smallest absolute Gasteiger partial charge is 0.241 e. The Morgan fingerprint density at radius 1 is 1.36 bits per heavy atom. The van der Waals surface area contributed by atoms with Gasteiger partial charge in [0, 0.05) is 6.04 Å². The van der Waals surface area contributed by atoms with Gasteiger partial charge >= 0.3 is 0 Å². The molecule has 8 nitrogen and oxygen atoms in total. The maximum Gasteiger partial charge on any atom is 0.241 e. The zero-order chi connectivity index (χ0) is 14.8. The van der Waals surface area contributed by atoms with E-state index in [-0.39, 0.29) is 0 Å². The van der Waals surface area contributed by atoms with Crippen LogP contribution in [0.25, 0.3) is 11.6 Å². The van der Waals surface area contributed by atoms with Gasteiger partial charge in [0.25, 0.3) is 0 Å². The molecule has 4 rings (SSSR count). The fourth-order valence-corrected chi connectivity index (χ4v) is 2.85. The molecular weight excluding hydrogens is 284 g/mol. The van der Waals surface area contributed by atoms with Gasteiger partial charge in [0.15, 0.2) is 5.76 Å². The first-order valence-electron chi connectivity index (χ1n) is 7.31. The second-order valence-electron chi connectivity index (χ2n) is 5.37. The summed E-state index contributed by atoms with van der Waals surface area (Å²) in [6.07, 6.45) is 7.21. The average molecular weight is 300 g/mol. The van der Waals surface area contributed by atoms with Gasteiger partial charge in [-0.2, -0.15) is 10.1 Å². The van der Waals surface area contributed by atoms with Crippen molar-refractivity contribution < 1.29 is 8.94 Å². The van der Waals surface area contributed by atoms with Gasteiger partial charge in [-0.3, -0.25) is 9.58 Å². The molecule has 0 amide bonds. The van der Waals surface area contributed by atoms with Gasteiger partial charge in [0.05, 0.1) is 19.4 Å². The largest absolute Gasteiger partial charge is 0.461 e. The lowest BCUT2D eigenvalue weighted by Crippen LogP contribution is -2.32. The molecule has 0 spiro atoms. The maximum absolute atomic E-state index is 5.34. The molecule has 1 aliphatic rings. The van der Waals surface area contributed by atoms with Crippen molar-refractivity contribution in [3.63, 3.8) is 0 Å². The number of aromatic nitrogens is 5. The molecule has 1 saturated heterocycles. The standard InChI is InChI=1S/C14H16N6O2/c1-3-11(7-20-10-15-9-16-20)19(5-1)8-13-17-14(18-22-13)12-4-2-6-21-12/h2,4,6,9-11H,1,3,5,7-8H2/t11-/m1/s1.